The zero-order valence-electron chi connectivity index (χ0n) is 14.7. The molecule has 1 spiro atoms. The van der Waals surface area contributed by atoms with Crippen molar-refractivity contribution in [1.29, 1.82) is 0 Å². The van der Waals surface area contributed by atoms with Crippen LogP contribution in [0, 0.1) is 0 Å². The average Bonchev–Trinajstić information content (AvgIpc) is 3.28. The molecule has 2 fully saturated rings. The van der Waals surface area contributed by atoms with E-state index in [0.29, 0.717) is 6.54 Å². The minimum atomic E-state index is -0.354. The third kappa shape index (κ3) is 3.10. The van der Waals surface area contributed by atoms with Crippen LogP contribution in [0.3, 0.4) is 0 Å². The molecule has 2 aliphatic rings. The number of pyridine rings is 1. The molecule has 0 radical (unpaired) electrons. The number of rotatable bonds is 3. The lowest BCUT2D eigenvalue weighted by atomic mass is 9.92. The summed E-state index contributed by atoms with van der Waals surface area (Å²) in [6.45, 7) is 4.60. The number of aromatic nitrogens is 2. The van der Waals surface area contributed by atoms with E-state index in [2.05, 4.69) is 14.9 Å². The Kier molecular flexibility index (Phi) is 4.46. The van der Waals surface area contributed by atoms with E-state index < -0.39 is 0 Å². The topological polar surface area (TPSA) is 69.6 Å². The van der Waals surface area contributed by atoms with Gasteiger partial charge in [-0.15, -0.1) is 11.3 Å². The minimum Gasteiger partial charge on any atom is -0.325 e. The van der Waals surface area contributed by atoms with Crippen molar-refractivity contribution in [2.45, 2.75) is 25.4 Å². The molecular weight excluding hydrogens is 350 g/mol. The van der Waals surface area contributed by atoms with Crippen molar-refractivity contribution in [3.63, 3.8) is 0 Å². The lowest BCUT2D eigenvalue weighted by Crippen LogP contribution is -2.66. The fraction of sp³-hybridized carbons (Fsp3) is 0.444. The molecule has 2 aromatic rings. The van der Waals surface area contributed by atoms with Gasteiger partial charge in [0.1, 0.15) is 11.6 Å². The first-order chi connectivity index (χ1) is 12.6. The van der Waals surface area contributed by atoms with Crippen LogP contribution in [0.25, 0.3) is 0 Å². The standard InChI is InChI=1S/C18H21N5O2S/c1-14(24)23-11-17(25)22(15-3-2-5-19-9-15)13-18(23)4-7-21(12-18)10-16-20-6-8-26-16/h2-3,5-6,8-9H,4,7,10-13H2,1H3. The Bertz CT molecular complexity index is 797. The monoisotopic (exact) mass is 371 g/mol. The molecule has 136 valence electrons. The van der Waals surface area contributed by atoms with Crippen molar-refractivity contribution in [2.75, 3.05) is 31.1 Å². The van der Waals surface area contributed by atoms with E-state index in [-0.39, 0.29) is 23.9 Å². The van der Waals surface area contributed by atoms with Crippen LogP contribution in [0.5, 0.6) is 0 Å². The van der Waals surface area contributed by atoms with Crippen LogP contribution in [0.1, 0.15) is 18.4 Å². The van der Waals surface area contributed by atoms with Gasteiger partial charge < -0.3 is 9.80 Å². The first-order valence-corrected chi connectivity index (χ1v) is 9.55. The first-order valence-electron chi connectivity index (χ1n) is 8.67. The highest BCUT2D eigenvalue weighted by atomic mass is 32.1. The van der Waals surface area contributed by atoms with E-state index in [1.165, 1.54) is 0 Å². The van der Waals surface area contributed by atoms with Crippen LogP contribution >= 0.6 is 11.3 Å². The van der Waals surface area contributed by atoms with Gasteiger partial charge in [0.25, 0.3) is 0 Å². The molecule has 2 amide bonds. The van der Waals surface area contributed by atoms with E-state index in [4.69, 9.17) is 0 Å². The molecular formula is C18H21N5O2S. The van der Waals surface area contributed by atoms with Gasteiger partial charge in [0.2, 0.25) is 11.8 Å². The fourth-order valence-electron chi connectivity index (χ4n) is 4.00. The van der Waals surface area contributed by atoms with Crippen molar-refractivity contribution >= 4 is 28.8 Å². The van der Waals surface area contributed by atoms with Gasteiger partial charge in [0.15, 0.2) is 0 Å². The van der Waals surface area contributed by atoms with Gasteiger partial charge in [-0.05, 0) is 18.6 Å². The Morgan fingerprint density at radius 2 is 2.23 bits per heavy atom. The molecule has 0 aliphatic carbocycles. The first kappa shape index (κ1) is 17.1. The molecule has 1 atom stereocenters. The molecule has 2 aliphatic heterocycles. The molecule has 0 N–H and O–H groups in total. The van der Waals surface area contributed by atoms with Crippen LogP contribution in [0.15, 0.2) is 36.1 Å². The van der Waals surface area contributed by atoms with Gasteiger partial charge in [-0.25, -0.2) is 4.98 Å². The van der Waals surface area contributed by atoms with Crippen molar-refractivity contribution < 1.29 is 9.59 Å². The normalized spacial score (nSPS) is 23.8. The van der Waals surface area contributed by atoms with E-state index in [1.807, 2.05) is 23.7 Å². The number of anilines is 1. The number of piperazine rings is 1. The van der Waals surface area contributed by atoms with Gasteiger partial charge in [-0.3, -0.25) is 19.5 Å². The summed E-state index contributed by atoms with van der Waals surface area (Å²) in [5.74, 6) is -0.0996. The fourth-order valence-corrected chi connectivity index (χ4v) is 4.66. The van der Waals surface area contributed by atoms with Crippen molar-refractivity contribution in [3.05, 3.63) is 41.1 Å². The van der Waals surface area contributed by atoms with Crippen LogP contribution in [-0.2, 0) is 16.1 Å². The molecule has 1 unspecified atom stereocenters. The summed E-state index contributed by atoms with van der Waals surface area (Å²) >= 11 is 1.64. The number of carbonyl (C=O) groups excluding carboxylic acids is 2. The summed E-state index contributed by atoms with van der Waals surface area (Å²) in [7, 11) is 0. The summed E-state index contributed by atoms with van der Waals surface area (Å²) in [5.41, 5.74) is 0.436. The predicted octanol–water partition coefficient (Wildman–Crippen LogP) is 1.38. The molecule has 4 rings (SSSR count). The van der Waals surface area contributed by atoms with Gasteiger partial charge in [-0.1, -0.05) is 0 Å². The van der Waals surface area contributed by atoms with Crippen LogP contribution in [-0.4, -0.2) is 63.3 Å². The largest absolute Gasteiger partial charge is 0.325 e. The van der Waals surface area contributed by atoms with Gasteiger partial charge in [0.05, 0.1) is 30.5 Å². The van der Waals surface area contributed by atoms with Crippen molar-refractivity contribution in [2.24, 2.45) is 0 Å². The maximum Gasteiger partial charge on any atom is 0.246 e. The summed E-state index contributed by atoms with van der Waals surface area (Å²) in [6.07, 6.45) is 6.07. The van der Waals surface area contributed by atoms with Crippen LogP contribution in [0.4, 0.5) is 5.69 Å². The highest BCUT2D eigenvalue weighted by molar-refractivity contribution is 7.09. The maximum atomic E-state index is 12.7. The van der Waals surface area contributed by atoms with Gasteiger partial charge in [-0.2, -0.15) is 0 Å². The molecule has 26 heavy (non-hydrogen) atoms. The van der Waals surface area contributed by atoms with Gasteiger partial charge >= 0.3 is 0 Å². The van der Waals surface area contributed by atoms with E-state index in [9.17, 15) is 9.59 Å². The summed E-state index contributed by atoms with van der Waals surface area (Å²) in [4.78, 5) is 39.3. The summed E-state index contributed by atoms with van der Waals surface area (Å²) < 4.78 is 0. The number of hydrogen-bond donors (Lipinski definition) is 0. The summed E-state index contributed by atoms with van der Waals surface area (Å²) in [5, 5.41) is 3.05. The highest BCUT2D eigenvalue weighted by Gasteiger charge is 2.50. The average molecular weight is 371 g/mol. The number of thiazole rings is 1. The SMILES string of the molecule is CC(=O)N1CC(=O)N(c2cccnc2)CC12CCN(Cc1nccs1)C2. The van der Waals surface area contributed by atoms with E-state index in [1.54, 1.807) is 40.5 Å². The van der Waals surface area contributed by atoms with Crippen molar-refractivity contribution in [3.8, 4) is 0 Å². The molecule has 0 bridgehead atoms. The number of nitrogens with zero attached hydrogens (tertiary/aromatic N) is 5. The lowest BCUT2D eigenvalue weighted by molar-refractivity contribution is -0.142. The lowest BCUT2D eigenvalue weighted by Gasteiger charge is -2.48. The third-order valence-corrected chi connectivity index (χ3v) is 5.98. The zero-order valence-corrected chi connectivity index (χ0v) is 15.5. The quantitative estimate of drug-likeness (QED) is 0.815. The van der Waals surface area contributed by atoms with Crippen LogP contribution in [0.2, 0.25) is 0 Å². The molecule has 2 aromatic heterocycles. The Morgan fingerprint density at radius 1 is 1.35 bits per heavy atom. The maximum absolute atomic E-state index is 12.7. The highest BCUT2D eigenvalue weighted by Crippen LogP contribution is 2.35. The zero-order chi connectivity index (χ0) is 18.1. The molecule has 0 saturated carbocycles. The Morgan fingerprint density at radius 3 is 2.92 bits per heavy atom. The van der Waals surface area contributed by atoms with E-state index >= 15 is 0 Å². The van der Waals surface area contributed by atoms with Crippen molar-refractivity contribution in [1.82, 2.24) is 19.8 Å². The van der Waals surface area contributed by atoms with Crippen LogP contribution < -0.4 is 4.90 Å². The van der Waals surface area contributed by atoms with E-state index in [0.717, 1.165) is 36.8 Å². The summed E-state index contributed by atoms with van der Waals surface area (Å²) in [6, 6.07) is 3.72. The predicted molar refractivity (Wildman–Crippen MR) is 98.7 cm³/mol. The smallest absolute Gasteiger partial charge is 0.246 e. The second-order valence-corrected chi connectivity index (χ2v) is 7.89. The third-order valence-electron chi connectivity index (χ3n) is 5.21. The number of hydrogen-bond acceptors (Lipinski definition) is 6. The Balaban J connectivity index is 1.59. The molecule has 7 nitrogen and oxygen atoms in total. The molecule has 4 heterocycles. The Labute approximate surface area is 156 Å². The molecule has 2 saturated heterocycles. The molecule has 0 aromatic carbocycles. The second-order valence-electron chi connectivity index (χ2n) is 6.91. The second kappa shape index (κ2) is 6.77. The number of likely N-dealkylation sites (tertiary alicyclic amines) is 1. The van der Waals surface area contributed by atoms with Gasteiger partial charge in [0, 0.05) is 37.8 Å². The number of carbonyl (C=O) groups is 2. The number of amides is 2. The minimum absolute atomic E-state index is 0.0414. The molecule has 8 heteroatoms. The Hall–Kier alpha value is -2.32.